The minimum absolute atomic E-state index is 0. The van der Waals surface area contributed by atoms with Crippen molar-refractivity contribution in [3.63, 3.8) is 0 Å². The molecule has 4 aromatic rings. The lowest BCUT2D eigenvalue weighted by molar-refractivity contribution is -0.135. The van der Waals surface area contributed by atoms with Gasteiger partial charge in [-0.1, -0.05) is 56.2 Å². The molecular weight excluding hydrogens is 685 g/mol. The maximum Gasteiger partial charge on any atom is 0.405 e. The summed E-state index contributed by atoms with van der Waals surface area (Å²) in [4.78, 5) is 42.1. The molecule has 13 heteroatoms. The van der Waals surface area contributed by atoms with Gasteiger partial charge in [0.15, 0.2) is 0 Å². The predicted molar refractivity (Wildman–Crippen MR) is 197 cm³/mol. The third kappa shape index (κ3) is 9.17. The zero-order valence-electron chi connectivity index (χ0n) is 27.2. The fourth-order valence-electron chi connectivity index (χ4n) is 6.16. The van der Waals surface area contributed by atoms with E-state index in [1.54, 1.807) is 11.1 Å². The average Bonchev–Trinajstić information content (AvgIpc) is 3.89. The van der Waals surface area contributed by atoms with Crippen molar-refractivity contribution >= 4 is 49.2 Å². The van der Waals surface area contributed by atoms with Crippen LogP contribution in [0.2, 0.25) is 0 Å². The highest BCUT2D eigenvalue weighted by atomic mass is 35.5. The van der Waals surface area contributed by atoms with Crippen LogP contribution in [0, 0.1) is 29.6 Å². The van der Waals surface area contributed by atoms with Crippen LogP contribution >= 0.6 is 37.2 Å². The van der Waals surface area contributed by atoms with Crippen molar-refractivity contribution in [2.75, 3.05) is 13.1 Å². The van der Waals surface area contributed by atoms with E-state index < -0.39 is 12.1 Å². The Morgan fingerprint density at radius 3 is 2.39 bits per heavy atom. The molecule has 2 fully saturated rings. The number of carboxylic acid groups (broad SMARTS) is 1. The van der Waals surface area contributed by atoms with E-state index in [0.29, 0.717) is 18.1 Å². The molecule has 10 nitrogen and oxygen atoms in total. The van der Waals surface area contributed by atoms with Crippen LogP contribution in [0.5, 0.6) is 0 Å². The highest BCUT2D eigenvalue weighted by Crippen LogP contribution is 2.32. The maximum absolute atomic E-state index is 13.3. The molecular formula is C36H40Cl3N7O3. The lowest BCUT2D eigenvalue weighted by atomic mass is 9.96. The smallest absolute Gasteiger partial charge is 0.405 e. The minimum Gasteiger partial charge on any atom is -0.465 e. The number of aromatic nitrogens is 4. The first-order valence-electron chi connectivity index (χ1n) is 15.7. The summed E-state index contributed by atoms with van der Waals surface area (Å²) in [5, 5.41) is 15.1. The molecule has 0 radical (unpaired) electrons. The largest absolute Gasteiger partial charge is 0.465 e. The Bertz CT molecular complexity index is 1850. The summed E-state index contributed by atoms with van der Waals surface area (Å²) in [5.41, 5.74) is 5.53. The zero-order chi connectivity index (χ0) is 32.0. The number of likely N-dealkylation sites (tertiary alicyclic amines) is 1. The SMILES string of the molecule is CC(C)[C@H](NC(=O)O)C(=O)N1CCC[C@H]1c1ncc(C#CC#Cc2ccc(-c3cnc([C@@H]4CCCN4)[nH]3)cc2-c2ccccc2)[nH]1.Cl.Cl.Cl. The summed E-state index contributed by atoms with van der Waals surface area (Å²) in [6.07, 6.45) is 6.11. The Morgan fingerprint density at radius 2 is 1.67 bits per heavy atom. The molecule has 5 N–H and O–H groups in total. The number of nitrogens with zero attached hydrogens (tertiary/aromatic N) is 3. The van der Waals surface area contributed by atoms with Crippen LogP contribution in [0.4, 0.5) is 4.79 Å². The Labute approximate surface area is 304 Å². The van der Waals surface area contributed by atoms with Gasteiger partial charge in [0.2, 0.25) is 5.91 Å². The monoisotopic (exact) mass is 723 g/mol. The molecule has 49 heavy (non-hydrogen) atoms. The first kappa shape index (κ1) is 39.0. The number of amides is 2. The van der Waals surface area contributed by atoms with Crippen molar-refractivity contribution in [3.8, 4) is 46.1 Å². The number of H-pyrrole nitrogens is 2. The van der Waals surface area contributed by atoms with Crippen LogP contribution in [0.1, 0.15) is 74.5 Å². The van der Waals surface area contributed by atoms with Gasteiger partial charge in [-0.2, -0.15) is 0 Å². The number of rotatable bonds is 7. The number of aromatic amines is 2. The Balaban J connectivity index is 0.00000217. The first-order valence-corrected chi connectivity index (χ1v) is 15.7. The molecule has 2 aliphatic rings. The first-order chi connectivity index (χ1) is 22.4. The number of benzene rings is 2. The van der Waals surface area contributed by atoms with E-state index >= 15 is 0 Å². The van der Waals surface area contributed by atoms with Crippen molar-refractivity contribution in [2.24, 2.45) is 5.92 Å². The molecule has 0 bridgehead atoms. The molecule has 0 spiro atoms. The standard InChI is InChI=1S/C36H37N7O3.3ClH/c1-23(2)32(42-36(45)46)35(44)43-19-9-15-31(43)34-38-21-27(40-34)13-7-6-12-25-16-17-26(20-28(25)24-10-4-3-5-11-24)30-22-39-33(41-30)29-14-8-18-37-29;;;/h3-5,10-11,16-17,20-23,29,31-32,37,42H,8-9,14-15,18-19H2,1-2H3,(H,38,40)(H,39,41)(H,45,46);3*1H/t29-,31-,32-;;;/m0.../s1. The minimum atomic E-state index is -1.21. The van der Waals surface area contributed by atoms with E-state index in [4.69, 9.17) is 0 Å². The summed E-state index contributed by atoms with van der Waals surface area (Å²) in [7, 11) is 0. The Morgan fingerprint density at radius 1 is 0.918 bits per heavy atom. The molecule has 2 aromatic heterocycles. The third-order valence-electron chi connectivity index (χ3n) is 8.52. The van der Waals surface area contributed by atoms with Gasteiger partial charge in [0.25, 0.3) is 0 Å². The quantitative estimate of drug-likeness (QED) is 0.138. The summed E-state index contributed by atoms with van der Waals surface area (Å²) < 4.78 is 0. The number of nitrogens with one attached hydrogen (secondary N) is 4. The lowest BCUT2D eigenvalue weighted by Gasteiger charge is -2.29. The van der Waals surface area contributed by atoms with Crippen molar-refractivity contribution < 1.29 is 14.7 Å². The van der Waals surface area contributed by atoms with Gasteiger partial charge >= 0.3 is 6.09 Å². The maximum atomic E-state index is 13.3. The van der Waals surface area contributed by atoms with Crippen LogP contribution in [0.25, 0.3) is 22.4 Å². The van der Waals surface area contributed by atoms with Crippen molar-refractivity contribution in [3.05, 3.63) is 83.8 Å². The summed E-state index contributed by atoms with van der Waals surface area (Å²) in [6.45, 7) is 5.21. The van der Waals surface area contributed by atoms with E-state index in [1.165, 1.54) is 0 Å². The van der Waals surface area contributed by atoms with Gasteiger partial charge < -0.3 is 30.6 Å². The third-order valence-corrected chi connectivity index (χ3v) is 8.52. The molecule has 2 aliphatic heterocycles. The van der Waals surface area contributed by atoms with E-state index in [1.807, 2.05) is 44.3 Å². The topological polar surface area (TPSA) is 139 Å². The molecule has 258 valence electrons. The second-order valence-electron chi connectivity index (χ2n) is 12.0. The number of carbonyl (C=O) groups is 2. The van der Waals surface area contributed by atoms with Gasteiger partial charge in [0.05, 0.1) is 30.2 Å². The fourth-order valence-corrected chi connectivity index (χ4v) is 6.16. The normalized spacial score (nSPS) is 16.9. The van der Waals surface area contributed by atoms with Gasteiger partial charge in [-0.05, 0) is 79.2 Å². The fraction of sp³-hybridized carbons (Fsp3) is 0.333. The van der Waals surface area contributed by atoms with E-state index in [9.17, 15) is 14.7 Å². The molecule has 2 saturated heterocycles. The molecule has 2 aromatic carbocycles. The summed E-state index contributed by atoms with van der Waals surface area (Å²) in [5.74, 6) is 13.4. The van der Waals surface area contributed by atoms with Crippen LogP contribution < -0.4 is 10.6 Å². The zero-order valence-corrected chi connectivity index (χ0v) is 29.6. The predicted octanol–water partition coefficient (Wildman–Crippen LogP) is 6.52. The lowest BCUT2D eigenvalue weighted by Crippen LogP contribution is -2.50. The average molecular weight is 725 g/mol. The van der Waals surface area contributed by atoms with E-state index in [-0.39, 0.29) is 61.1 Å². The highest BCUT2D eigenvalue weighted by Gasteiger charge is 2.37. The van der Waals surface area contributed by atoms with Gasteiger partial charge in [-0.25, -0.2) is 14.8 Å². The van der Waals surface area contributed by atoms with Crippen molar-refractivity contribution in [1.82, 2.24) is 35.5 Å². The molecule has 4 heterocycles. The molecule has 2 amide bonds. The number of halogens is 3. The summed E-state index contributed by atoms with van der Waals surface area (Å²) >= 11 is 0. The van der Waals surface area contributed by atoms with Crippen LogP contribution in [-0.4, -0.2) is 61.1 Å². The van der Waals surface area contributed by atoms with Crippen LogP contribution in [-0.2, 0) is 4.79 Å². The summed E-state index contributed by atoms with van der Waals surface area (Å²) in [6, 6.07) is 15.6. The molecule has 0 saturated carbocycles. The molecule has 6 rings (SSSR count). The molecule has 0 aliphatic carbocycles. The van der Waals surface area contributed by atoms with Crippen molar-refractivity contribution in [2.45, 2.75) is 57.7 Å². The van der Waals surface area contributed by atoms with Crippen LogP contribution in [0.15, 0.2) is 60.9 Å². The molecule has 0 unspecified atom stereocenters. The number of hydrogen-bond donors (Lipinski definition) is 5. The van der Waals surface area contributed by atoms with E-state index in [2.05, 4.69) is 78.5 Å². The van der Waals surface area contributed by atoms with Crippen LogP contribution in [0.3, 0.4) is 0 Å². The molecule has 3 atom stereocenters. The van der Waals surface area contributed by atoms with Gasteiger partial charge in [-0.15, -0.1) is 37.2 Å². The Kier molecular flexibility index (Phi) is 14.2. The second kappa shape index (κ2) is 17.8. The van der Waals surface area contributed by atoms with Gasteiger partial charge in [0, 0.05) is 17.7 Å². The second-order valence-corrected chi connectivity index (χ2v) is 12.0. The highest BCUT2D eigenvalue weighted by molar-refractivity contribution is 5.86. The number of imidazole rings is 2. The Hall–Kier alpha value is -4.45. The number of carbonyl (C=O) groups excluding carboxylic acids is 1. The van der Waals surface area contributed by atoms with Gasteiger partial charge in [-0.3, -0.25) is 4.79 Å². The number of hydrogen-bond acceptors (Lipinski definition) is 5. The van der Waals surface area contributed by atoms with Crippen molar-refractivity contribution in [1.29, 1.82) is 0 Å². The van der Waals surface area contributed by atoms with Gasteiger partial charge in [0.1, 0.15) is 23.4 Å². The van der Waals surface area contributed by atoms with E-state index in [0.717, 1.165) is 66.0 Å².